The maximum absolute atomic E-state index is 12.8. The van der Waals surface area contributed by atoms with E-state index in [1.165, 1.54) is 22.2 Å². The molecule has 0 aliphatic carbocycles. The predicted molar refractivity (Wildman–Crippen MR) is 112 cm³/mol. The number of nitrogens with one attached hydrogen (secondary N) is 1. The van der Waals surface area contributed by atoms with Crippen molar-refractivity contribution in [2.45, 2.75) is 46.2 Å². The Kier molecular flexibility index (Phi) is 4.82. The summed E-state index contributed by atoms with van der Waals surface area (Å²) >= 11 is 1.52. The number of rotatable bonds is 5. The van der Waals surface area contributed by atoms with Crippen molar-refractivity contribution in [2.24, 2.45) is 0 Å². The smallest absolute Gasteiger partial charge is 0.262 e. The molecule has 152 valence electrons. The number of benzene rings is 1. The molecule has 0 saturated heterocycles. The van der Waals surface area contributed by atoms with E-state index in [4.69, 9.17) is 9.47 Å². The van der Waals surface area contributed by atoms with Gasteiger partial charge in [-0.05, 0) is 51.0 Å². The maximum atomic E-state index is 12.8. The van der Waals surface area contributed by atoms with Crippen molar-refractivity contribution in [3.05, 3.63) is 50.9 Å². The number of carbonyl (C=O) groups is 1. The van der Waals surface area contributed by atoms with Crippen molar-refractivity contribution in [1.29, 1.82) is 0 Å². The second kappa shape index (κ2) is 7.18. The van der Waals surface area contributed by atoms with Crippen molar-refractivity contribution >= 4 is 27.5 Å². The quantitative estimate of drug-likeness (QED) is 0.694. The Morgan fingerprint density at radius 3 is 2.83 bits per heavy atom. The Bertz CT molecular complexity index is 1160. The number of thiophene rings is 1. The van der Waals surface area contributed by atoms with Gasteiger partial charge >= 0.3 is 0 Å². The Balaban J connectivity index is 1.46. The molecule has 0 fully saturated rings. The summed E-state index contributed by atoms with van der Waals surface area (Å²) in [4.78, 5) is 31.6. The molecule has 3 aromatic rings. The summed E-state index contributed by atoms with van der Waals surface area (Å²) in [6.07, 6.45) is 1.71. The zero-order chi connectivity index (χ0) is 20.8. The third-order valence-electron chi connectivity index (χ3n) is 5.28. The number of carbonyl (C=O) groups excluding carboxylic acids is 1. The fourth-order valence-electron chi connectivity index (χ4n) is 3.42. The summed E-state index contributed by atoms with van der Waals surface area (Å²) in [5, 5.41) is 3.69. The summed E-state index contributed by atoms with van der Waals surface area (Å²) in [5.74, 6) is 1.24. The summed E-state index contributed by atoms with van der Waals surface area (Å²) in [6, 6.07) is 5.64. The highest BCUT2D eigenvalue weighted by molar-refractivity contribution is 7.18. The third kappa shape index (κ3) is 3.60. The number of hydrogen-bond acceptors (Lipinski definition) is 6. The van der Waals surface area contributed by atoms with Crippen molar-refractivity contribution < 1.29 is 14.3 Å². The van der Waals surface area contributed by atoms with Crippen LogP contribution in [0.3, 0.4) is 0 Å². The monoisotopic (exact) mass is 413 g/mol. The molecule has 29 heavy (non-hydrogen) atoms. The first kappa shape index (κ1) is 19.4. The van der Waals surface area contributed by atoms with Crippen LogP contribution in [-0.4, -0.2) is 22.3 Å². The van der Waals surface area contributed by atoms with Gasteiger partial charge in [0.1, 0.15) is 4.83 Å². The van der Waals surface area contributed by atoms with Gasteiger partial charge in [0.2, 0.25) is 12.7 Å². The highest BCUT2D eigenvalue weighted by Crippen LogP contribution is 2.35. The highest BCUT2D eigenvalue weighted by Gasteiger charge is 2.25. The van der Waals surface area contributed by atoms with Gasteiger partial charge in [-0.3, -0.25) is 14.2 Å². The van der Waals surface area contributed by atoms with E-state index < -0.39 is 5.54 Å². The number of aryl methyl sites for hydroxylation is 3. The lowest BCUT2D eigenvalue weighted by Crippen LogP contribution is -2.41. The van der Waals surface area contributed by atoms with Crippen LogP contribution in [-0.2, 0) is 16.9 Å². The van der Waals surface area contributed by atoms with Crippen molar-refractivity contribution in [1.82, 2.24) is 14.9 Å². The van der Waals surface area contributed by atoms with E-state index in [0.717, 1.165) is 20.8 Å². The molecular weight excluding hydrogens is 390 g/mol. The molecule has 2 aromatic heterocycles. The Hall–Kier alpha value is -2.87. The number of fused-ring (bicyclic) bond motifs is 2. The lowest BCUT2D eigenvalue weighted by atomic mass is 9.93. The van der Waals surface area contributed by atoms with Gasteiger partial charge in [-0.15, -0.1) is 11.3 Å². The molecule has 7 nitrogen and oxygen atoms in total. The Morgan fingerprint density at radius 1 is 1.28 bits per heavy atom. The largest absolute Gasteiger partial charge is 0.454 e. The van der Waals surface area contributed by atoms with Crippen LogP contribution in [0.4, 0.5) is 0 Å². The molecule has 0 bridgehead atoms. The molecule has 3 heterocycles. The topological polar surface area (TPSA) is 82.5 Å². The molecule has 1 aromatic carbocycles. The molecule has 1 N–H and O–H groups in total. The first-order chi connectivity index (χ1) is 13.8. The molecule has 0 spiro atoms. The zero-order valence-electron chi connectivity index (χ0n) is 16.9. The summed E-state index contributed by atoms with van der Waals surface area (Å²) < 4.78 is 12.3. The van der Waals surface area contributed by atoms with E-state index in [2.05, 4.69) is 10.3 Å². The minimum Gasteiger partial charge on any atom is -0.454 e. The summed E-state index contributed by atoms with van der Waals surface area (Å²) in [6.45, 7) is 8.26. The van der Waals surface area contributed by atoms with Crippen LogP contribution in [0.5, 0.6) is 11.5 Å². The van der Waals surface area contributed by atoms with Crippen LogP contribution in [0.15, 0.2) is 29.3 Å². The first-order valence-corrected chi connectivity index (χ1v) is 10.2. The fraction of sp³-hybridized carbons (Fsp3) is 0.381. The number of nitrogens with zero attached hydrogens (tertiary/aromatic N) is 2. The van der Waals surface area contributed by atoms with Gasteiger partial charge in [-0.1, -0.05) is 6.07 Å². The normalized spacial score (nSPS) is 13.1. The lowest BCUT2D eigenvalue weighted by molar-refractivity contribution is -0.123. The lowest BCUT2D eigenvalue weighted by Gasteiger charge is -2.27. The van der Waals surface area contributed by atoms with Gasteiger partial charge in [0.15, 0.2) is 11.5 Å². The second-order valence-corrected chi connectivity index (χ2v) is 8.90. The summed E-state index contributed by atoms with van der Waals surface area (Å²) in [7, 11) is 0. The van der Waals surface area contributed by atoms with Crippen LogP contribution >= 0.6 is 11.3 Å². The molecule has 1 amide bonds. The maximum Gasteiger partial charge on any atom is 0.262 e. The SMILES string of the molecule is Cc1sc2ncn(CCC(=O)NC(C)(C)c3ccc4c(c3)OCO4)c(=O)c2c1C. The summed E-state index contributed by atoms with van der Waals surface area (Å²) in [5.41, 5.74) is 1.19. The van der Waals surface area contributed by atoms with Crippen molar-refractivity contribution in [2.75, 3.05) is 6.79 Å². The average Bonchev–Trinajstić information content (AvgIpc) is 3.25. The minimum absolute atomic E-state index is 0.0975. The van der Waals surface area contributed by atoms with E-state index in [9.17, 15) is 9.59 Å². The van der Waals surface area contributed by atoms with Crippen molar-refractivity contribution in [3.63, 3.8) is 0 Å². The van der Waals surface area contributed by atoms with E-state index in [0.29, 0.717) is 16.9 Å². The predicted octanol–water partition coefficient (Wildman–Crippen LogP) is 3.25. The van der Waals surface area contributed by atoms with E-state index in [1.807, 2.05) is 45.9 Å². The Morgan fingerprint density at radius 2 is 2.03 bits per heavy atom. The van der Waals surface area contributed by atoms with Crippen LogP contribution in [0.2, 0.25) is 0 Å². The zero-order valence-corrected chi connectivity index (χ0v) is 17.7. The fourth-order valence-corrected chi connectivity index (χ4v) is 4.41. The molecule has 1 aliphatic rings. The average molecular weight is 413 g/mol. The molecular formula is C21H23N3O4S. The van der Waals surface area contributed by atoms with E-state index in [-0.39, 0.29) is 31.2 Å². The van der Waals surface area contributed by atoms with Crippen LogP contribution in [0.25, 0.3) is 10.2 Å². The first-order valence-electron chi connectivity index (χ1n) is 9.42. The van der Waals surface area contributed by atoms with Gasteiger partial charge in [-0.2, -0.15) is 0 Å². The number of aromatic nitrogens is 2. The van der Waals surface area contributed by atoms with Gasteiger partial charge in [-0.25, -0.2) is 4.98 Å². The Labute approximate surface area is 172 Å². The molecule has 0 saturated carbocycles. The third-order valence-corrected chi connectivity index (χ3v) is 6.40. The standard InChI is InChI=1S/C21H23N3O4S/c1-12-13(2)29-19-18(12)20(26)24(10-22-19)8-7-17(25)23-21(3,4)14-5-6-15-16(9-14)28-11-27-15/h5-6,9-10H,7-8,11H2,1-4H3,(H,23,25). The van der Waals surface area contributed by atoms with Crippen LogP contribution in [0, 0.1) is 13.8 Å². The van der Waals surface area contributed by atoms with Gasteiger partial charge in [0, 0.05) is 17.8 Å². The van der Waals surface area contributed by atoms with E-state index >= 15 is 0 Å². The molecule has 0 unspecified atom stereocenters. The van der Waals surface area contributed by atoms with E-state index in [1.54, 1.807) is 0 Å². The minimum atomic E-state index is -0.591. The number of amides is 1. The molecule has 0 radical (unpaired) electrons. The van der Waals surface area contributed by atoms with Crippen LogP contribution < -0.4 is 20.3 Å². The van der Waals surface area contributed by atoms with Crippen molar-refractivity contribution in [3.8, 4) is 11.5 Å². The van der Waals surface area contributed by atoms with Crippen LogP contribution in [0.1, 0.15) is 36.3 Å². The number of ether oxygens (including phenoxy) is 2. The number of hydrogen-bond donors (Lipinski definition) is 1. The van der Waals surface area contributed by atoms with Gasteiger partial charge < -0.3 is 14.8 Å². The van der Waals surface area contributed by atoms with Gasteiger partial charge in [0.05, 0.1) is 17.3 Å². The molecule has 1 aliphatic heterocycles. The molecule has 0 atom stereocenters. The highest BCUT2D eigenvalue weighted by atomic mass is 32.1. The van der Waals surface area contributed by atoms with Gasteiger partial charge in [0.25, 0.3) is 5.56 Å². The molecule has 8 heteroatoms. The second-order valence-electron chi connectivity index (χ2n) is 7.70. The molecule has 4 rings (SSSR count).